The summed E-state index contributed by atoms with van der Waals surface area (Å²) >= 11 is 6.65. The van der Waals surface area contributed by atoms with Gasteiger partial charge in [-0.15, -0.1) is 0 Å². The number of halogens is 1. The van der Waals surface area contributed by atoms with E-state index in [2.05, 4.69) is 115 Å². The summed E-state index contributed by atoms with van der Waals surface area (Å²) < 4.78 is 0. The minimum Gasteiger partial charge on any atom is -0.0843 e. The van der Waals surface area contributed by atoms with Crippen LogP contribution >= 0.6 is 11.6 Å². The topological polar surface area (TPSA) is 0 Å². The minimum atomic E-state index is 0.742. The third kappa shape index (κ3) is 3.69. The highest BCUT2D eigenvalue weighted by Gasteiger charge is 2.11. The minimum absolute atomic E-state index is 0.742. The lowest BCUT2D eigenvalue weighted by Gasteiger charge is -2.13. The first-order chi connectivity index (χ1) is 16.3. The molecule has 33 heavy (non-hydrogen) atoms. The summed E-state index contributed by atoms with van der Waals surface area (Å²) in [7, 11) is 0. The van der Waals surface area contributed by atoms with Crippen LogP contribution in [0.3, 0.4) is 0 Å². The van der Waals surface area contributed by atoms with Gasteiger partial charge in [0.15, 0.2) is 0 Å². The highest BCUT2D eigenvalue weighted by atomic mass is 35.5. The van der Waals surface area contributed by atoms with Gasteiger partial charge in [-0.2, -0.15) is 0 Å². The van der Waals surface area contributed by atoms with Gasteiger partial charge in [-0.1, -0.05) is 115 Å². The molecule has 0 saturated carbocycles. The fourth-order valence-electron chi connectivity index (χ4n) is 4.69. The Morgan fingerprint density at radius 1 is 0.364 bits per heavy atom. The van der Waals surface area contributed by atoms with Gasteiger partial charge < -0.3 is 0 Å². The van der Waals surface area contributed by atoms with E-state index in [1.54, 1.807) is 0 Å². The summed E-state index contributed by atoms with van der Waals surface area (Å²) in [6, 6.07) is 45.0. The van der Waals surface area contributed by atoms with Crippen molar-refractivity contribution in [3.05, 3.63) is 132 Å². The monoisotopic (exact) mass is 440 g/mol. The van der Waals surface area contributed by atoms with E-state index in [-0.39, 0.29) is 0 Å². The van der Waals surface area contributed by atoms with E-state index in [0.717, 1.165) is 21.7 Å². The Bertz CT molecular complexity index is 1600. The summed E-state index contributed by atoms with van der Waals surface area (Å²) in [6.45, 7) is 0. The molecule has 0 spiro atoms. The molecular weight excluding hydrogens is 420 g/mol. The van der Waals surface area contributed by atoms with Gasteiger partial charge in [-0.05, 0) is 79.2 Å². The van der Waals surface area contributed by atoms with Gasteiger partial charge in [0.05, 0.1) is 0 Å². The van der Waals surface area contributed by atoms with Crippen molar-refractivity contribution >= 4 is 33.1 Å². The normalized spacial score (nSPS) is 11.2. The van der Waals surface area contributed by atoms with E-state index >= 15 is 0 Å². The molecular formula is C32H21Cl. The Labute approximate surface area is 198 Å². The van der Waals surface area contributed by atoms with Crippen molar-refractivity contribution in [2.45, 2.75) is 0 Å². The molecule has 6 aromatic carbocycles. The van der Waals surface area contributed by atoms with Gasteiger partial charge >= 0.3 is 0 Å². The number of hydrogen-bond donors (Lipinski definition) is 0. The molecule has 0 heterocycles. The molecule has 1 heteroatoms. The molecule has 0 aliphatic heterocycles. The van der Waals surface area contributed by atoms with E-state index in [0.29, 0.717) is 0 Å². The summed E-state index contributed by atoms with van der Waals surface area (Å²) in [6.07, 6.45) is 0. The Morgan fingerprint density at radius 2 is 0.909 bits per heavy atom. The molecule has 0 aliphatic carbocycles. The fraction of sp³-hybridized carbons (Fsp3) is 0. The number of fused-ring (bicyclic) bond motifs is 3. The van der Waals surface area contributed by atoms with E-state index in [4.69, 9.17) is 11.6 Å². The van der Waals surface area contributed by atoms with E-state index in [9.17, 15) is 0 Å². The quantitative estimate of drug-likeness (QED) is 0.240. The van der Waals surface area contributed by atoms with Crippen molar-refractivity contribution in [3.8, 4) is 33.4 Å². The van der Waals surface area contributed by atoms with Gasteiger partial charge in [-0.3, -0.25) is 0 Å². The molecule has 0 amide bonds. The molecule has 6 rings (SSSR count). The molecule has 0 aromatic heterocycles. The molecule has 0 saturated heterocycles. The Balaban J connectivity index is 1.49. The summed E-state index contributed by atoms with van der Waals surface area (Å²) in [5.41, 5.74) is 7.04. The second kappa shape index (κ2) is 8.24. The summed E-state index contributed by atoms with van der Waals surface area (Å²) in [4.78, 5) is 0. The molecule has 0 atom stereocenters. The van der Waals surface area contributed by atoms with Crippen LogP contribution in [-0.2, 0) is 0 Å². The van der Waals surface area contributed by atoms with Crippen molar-refractivity contribution in [1.29, 1.82) is 0 Å². The first-order valence-electron chi connectivity index (χ1n) is 11.1. The van der Waals surface area contributed by atoms with Crippen molar-refractivity contribution in [1.82, 2.24) is 0 Å². The predicted octanol–water partition coefficient (Wildman–Crippen LogP) is 9.65. The number of hydrogen-bond acceptors (Lipinski definition) is 0. The lowest BCUT2D eigenvalue weighted by Crippen LogP contribution is -1.87. The van der Waals surface area contributed by atoms with Gasteiger partial charge in [-0.25, -0.2) is 0 Å². The second-order valence-corrected chi connectivity index (χ2v) is 8.80. The van der Waals surface area contributed by atoms with Crippen LogP contribution in [0.15, 0.2) is 127 Å². The highest BCUT2D eigenvalue weighted by molar-refractivity contribution is 6.31. The van der Waals surface area contributed by atoms with Crippen LogP contribution in [0.5, 0.6) is 0 Å². The lowest BCUT2D eigenvalue weighted by molar-refractivity contribution is 1.58. The molecule has 0 bridgehead atoms. The van der Waals surface area contributed by atoms with Gasteiger partial charge in [0.1, 0.15) is 0 Å². The molecule has 0 radical (unpaired) electrons. The predicted molar refractivity (Wildman–Crippen MR) is 143 cm³/mol. The first-order valence-corrected chi connectivity index (χ1v) is 11.5. The summed E-state index contributed by atoms with van der Waals surface area (Å²) in [5, 5.41) is 5.76. The van der Waals surface area contributed by atoms with Gasteiger partial charge in [0.25, 0.3) is 0 Å². The third-order valence-corrected chi connectivity index (χ3v) is 6.52. The molecule has 0 fully saturated rings. The van der Waals surface area contributed by atoms with Crippen LogP contribution in [-0.4, -0.2) is 0 Å². The molecule has 0 N–H and O–H groups in total. The van der Waals surface area contributed by atoms with Crippen LogP contribution in [0.4, 0.5) is 0 Å². The second-order valence-electron chi connectivity index (χ2n) is 8.36. The van der Waals surface area contributed by atoms with E-state index in [1.165, 1.54) is 38.2 Å². The lowest BCUT2D eigenvalue weighted by atomic mass is 9.91. The molecule has 0 unspecified atom stereocenters. The first kappa shape index (κ1) is 19.8. The average Bonchev–Trinajstić information content (AvgIpc) is 2.88. The molecule has 156 valence electrons. The van der Waals surface area contributed by atoms with E-state index in [1.807, 2.05) is 12.1 Å². The standard InChI is InChI=1S/C32H21Cl/c33-28-19-26(24-16-14-23(15-17-24)22-8-2-1-3-9-22)18-27(20-28)32-21-25-10-4-5-11-29(25)30-12-6-7-13-31(30)32/h1-21H. The molecule has 0 nitrogen and oxygen atoms in total. The largest absolute Gasteiger partial charge is 0.0843 e. The smallest absolute Gasteiger partial charge is 0.0418 e. The van der Waals surface area contributed by atoms with Crippen LogP contribution in [0, 0.1) is 0 Å². The number of benzene rings is 6. The Morgan fingerprint density at radius 3 is 1.67 bits per heavy atom. The maximum Gasteiger partial charge on any atom is 0.0418 e. The van der Waals surface area contributed by atoms with Crippen molar-refractivity contribution in [3.63, 3.8) is 0 Å². The maximum atomic E-state index is 6.65. The zero-order valence-electron chi connectivity index (χ0n) is 18.0. The third-order valence-electron chi connectivity index (χ3n) is 6.30. The SMILES string of the molecule is Clc1cc(-c2ccc(-c3ccccc3)cc2)cc(-c2cc3ccccc3c3ccccc23)c1. The Hall–Kier alpha value is -3.87. The van der Waals surface area contributed by atoms with Crippen molar-refractivity contribution in [2.75, 3.05) is 0 Å². The molecule has 6 aromatic rings. The van der Waals surface area contributed by atoms with Crippen LogP contribution in [0.2, 0.25) is 5.02 Å². The number of rotatable bonds is 3. The van der Waals surface area contributed by atoms with E-state index < -0.39 is 0 Å². The Kier molecular flexibility index (Phi) is 4.94. The average molecular weight is 441 g/mol. The zero-order chi connectivity index (χ0) is 22.2. The van der Waals surface area contributed by atoms with Crippen LogP contribution < -0.4 is 0 Å². The van der Waals surface area contributed by atoms with Crippen LogP contribution in [0.1, 0.15) is 0 Å². The summed E-state index contributed by atoms with van der Waals surface area (Å²) in [5.74, 6) is 0. The maximum absolute atomic E-state index is 6.65. The van der Waals surface area contributed by atoms with Crippen molar-refractivity contribution < 1.29 is 0 Å². The van der Waals surface area contributed by atoms with Crippen molar-refractivity contribution in [2.24, 2.45) is 0 Å². The molecule has 0 aliphatic rings. The highest BCUT2D eigenvalue weighted by Crippen LogP contribution is 2.38. The zero-order valence-corrected chi connectivity index (χ0v) is 18.8. The van der Waals surface area contributed by atoms with Gasteiger partial charge in [0, 0.05) is 5.02 Å². The fourth-order valence-corrected chi connectivity index (χ4v) is 4.93. The van der Waals surface area contributed by atoms with Crippen LogP contribution in [0.25, 0.3) is 54.9 Å². The van der Waals surface area contributed by atoms with Gasteiger partial charge in [0.2, 0.25) is 0 Å².